The van der Waals surface area contributed by atoms with Gasteiger partial charge in [-0.05, 0) is 80.3 Å². The third kappa shape index (κ3) is 3.97. The van der Waals surface area contributed by atoms with Gasteiger partial charge >= 0.3 is 0 Å². The smallest absolute Gasteiger partial charge is 0.246 e. The Balaban J connectivity index is 1.18. The Kier molecular flexibility index (Phi) is 6.23. The molecule has 206 valence electrons. The van der Waals surface area contributed by atoms with Crippen molar-refractivity contribution >= 4 is 12.0 Å². The van der Waals surface area contributed by atoms with Crippen LogP contribution in [-0.4, -0.2) is 59.1 Å². The zero-order valence-corrected chi connectivity index (χ0v) is 23.4. The number of phenols is 1. The first kappa shape index (κ1) is 25.4. The lowest BCUT2D eigenvalue weighted by molar-refractivity contribution is -0.135. The lowest BCUT2D eigenvalue weighted by Crippen LogP contribution is -2.69. The van der Waals surface area contributed by atoms with Crippen molar-refractivity contribution in [2.75, 3.05) is 20.1 Å². The van der Waals surface area contributed by atoms with Gasteiger partial charge in [0, 0.05) is 36.7 Å². The van der Waals surface area contributed by atoms with Crippen LogP contribution in [0, 0.1) is 12.8 Å². The van der Waals surface area contributed by atoms with Crippen molar-refractivity contribution in [3.8, 4) is 11.5 Å². The number of benzene rings is 3. The number of aryl methyl sites for hydroxylation is 1. The van der Waals surface area contributed by atoms with Crippen LogP contribution in [0.2, 0.25) is 0 Å². The number of phenolic OH excluding ortho intramolecular Hbond substituents is 1. The number of piperidine rings is 1. The van der Waals surface area contributed by atoms with Crippen LogP contribution in [0.1, 0.15) is 47.1 Å². The van der Waals surface area contributed by atoms with Crippen molar-refractivity contribution in [2.45, 2.75) is 62.6 Å². The molecule has 3 aromatic carbocycles. The topological polar surface area (TPSA) is 53.0 Å². The van der Waals surface area contributed by atoms with Gasteiger partial charge in [-0.3, -0.25) is 9.69 Å². The van der Waals surface area contributed by atoms with Crippen LogP contribution in [-0.2, 0) is 23.1 Å². The van der Waals surface area contributed by atoms with E-state index < -0.39 is 0 Å². The van der Waals surface area contributed by atoms with E-state index in [1.807, 2.05) is 30.2 Å². The summed E-state index contributed by atoms with van der Waals surface area (Å²) in [4.78, 5) is 18.1. The summed E-state index contributed by atoms with van der Waals surface area (Å²) >= 11 is 0. The second-order valence-corrected chi connectivity index (χ2v) is 12.3. The van der Waals surface area contributed by atoms with Crippen molar-refractivity contribution < 1.29 is 14.6 Å². The van der Waals surface area contributed by atoms with Crippen LogP contribution in [0.4, 0.5) is 0 Å². The molecule has 0 aromatic heterocycles. The maximum Gasteiger partial charge on any atom is 0.246 e. The molecular weight excluding hydrogens is 496 g/mol. The third-order valence-corrected chi connectivity index (χ3v) is 10.2. The van der Waals surface area contributed by atoms with E-state index in [1.165, 1.54) is 22.3 Å². The fourth-order valence-electron chi connectivity index (χ4n) is 8.41. The van der Waals surface area contributed by atoms with E-state index in [0.29, 0.717) is 17.7 Å². The van der Waals surface area contributed by atoms with Gasteiger partial charge < -0.3 is 14.7 Å². The highest BCUT2D eigenvalue weighted by molar-refractivity contribution is 5.92. The van der Waals surface area contributed by atoms with E-state index in [9.17, 15) is 9.90 Å². The minimum atomic E-state index is -0.159. The third-order valence-electron chi connectivity index (χ3n) is 10.2. The Labute approximate surface area is 237 Å². The first-order valence-corrected chi connectivity index (χ1v) is 14.8. The molecule has 1 saturated carbocycles. The maximum absolute atomic E-state index is 13.5. The summed E-state index contributed by atoms with van der Waals surface area (Å²) in [6.45, 7) is 4.13. The molecule has 40 heavy (non-hydrogen) atoms. The van der Waals surface area contributed by atoms with Crippen LogP contribution in [0.5, 0.6) is 11.5 Å². The molecule has 1 N–H and O–H groups in total. The average Bonchev–Trinajstić information content (AvgIpc) is 3.32. The molecule has 1 spiro atoms. The summed E-state index contributed by atoms with van der Waals surface area (Å²) in [7, 11) is 1.92. The molecule has 0 radical (unpaired) electrons. The number of ether oxygens (including phenoxy) is 1. The highest BCUT2D eigenvalue weighted by atomic mass is 16.5. The maximum atomic E-state index is 13.5. The number of likely N-dealkylation sites (tertiary alicyclic amines) is 1. The number of carbonyl (C=O) groups is 1. The molecule has 3 aromatic rings. The molecule has 2 aliphatic carbocycles. The monoisotopic (exact) mass is 534 g/mol. The van der Waals surface area contributed by atoms with Crippen LogP contribution < -0.4 is 4.74 Å². The molecule has 5 nitrogen and oxygen atoms in total. The Morgan fingerprint density at radius 2 is 1.98 bits per heavy atom. The number of carbonyl (C=O) groups excluding carboxylic acids is 1. The van der Waals surface area contributed by atoms with Crippen molar-refractivity contribution in [1.82, 2.24) is 9.80 Å². The fraction of sp³-hybridized carbons (Fsp3) is 0.400. The number of rotatable bonds is 6. The van der Waals surface area contributed by atoms with Crippen molar-refractivity contribution in [1.29, 1.82) is 0 Å². The summed E-state index contributed by atoms with van der Waals surface area (Å²) < 4.78 is 6.75. The molecule has 2 fully saturated rings. The van der Waals surface area contributed by atoms with Gasteiger partial charge in [-0.1, -0.05) is 66.2 Å². The molecule has 1 amide bonds. The standard InChI is InChI=1S/C35H38N2O3/c1-23-7-6-10-25(21-23)11-16-31(39)36(2)28-14-13-27-29-22-26-12-15-30(38)33-32(26)35(27,34(28)40-33)18-20-37(29)19-17-24-8-4-3-5-9-24/h3-12,15-16,21,27-29,34,38H,13-14,17-20,22H2,1-2H3/b16-11+/t27-,28?,29+,34?,35-/m0/s1. The van der Waals surface area contributed by atoms with Crippen molar-refractivity contribution in [3.63, 3.8) is 0 Å². The van der Waals surface area contributed by atoms with Crippen molar-refractivity contribution in [2.24, 2.45) is 5.92 Å². The van der Waals surface area contributed by atoms with E-state index in [4.69, 9.17) is 4.74 Å². The summed E-state index contributed by atoms with van der Waals surface area (Å²) in [5.74, 6) is 1.36. The fourth-order valence-corrected chi connectivity index (χ4v) is 8.41. The number of nitrogens with zero attached hydrogens (tertiary/aromatic N) is 2. The molecule has 7 rings (SSSR count). The molecule has 2 aliphatic heterocycles. The van der Waals surface area contributed by atoms with Gasteiger partial charge in [-0.25, -0.2) is 0 Å². The SMILES string of the molecule is Cc1cccc(/C=C/C(=O)N(C)C2CC[C@H]3[C@H]4Cc5ccc(O)c6c5[C@@]3(CCN4CCc3ccccc3)C2O6)c1. The Morgan fingerprint density at radius 3 is 2.80 bits per heavy atom. The van der Waals surface area contributed by atoms with Gasteiger partial charge in [-0.15, -0.1) is 0 Å². The van der Waals surface area contributed by atoms with Crippen LogP contribution in [0.3, 0.4) is 0 Å². The first-order chi connectivity index (χ1) is 19.5. The van der Waals surface area contributed by atoms with E-state index in [1.54, 1.807) is 12.1 Å². The molecule has 2 heterocycles. The van der Waals surface area contributed by atoms with Crippen molar-refractivity contribution in [3.05, 3.63) is 101 Å². The van der Waals surface area contributed by atoms with Crippen LogP contribution in [0.25, 0.3) is 6.08 Å². The van der Waals surface area contributed by atoms with Gasteiger partial charge in [-0.2, -0.15) is 0 Å². The molecule has 4 aliphatic rings. The summed E-state index contributed by atoms with van der Waals surface area (Å²) in [6, 6.07) is 23.3. The van der Waals surface area contributed by atoms with Gasteiger partial charge in [0.25, 0.3) is 0 Å². The molecule has 2 bridgehead atoms. The summed E-state index contributed by atoms with van der Waals surface area (Å²) in [5.41, 5.74) is 5.98. The van der Waals surface area contributed by atoms with Gasteiger partial charge in [0.05, 0.1) is 6.04 Å². The minimum absolute atomic E-state index is 0.00184. The first-order valence-electron chi connectivity index (χ1n) is 14.8. The number of likely N-dealkylation sites (N-methyl/N-ethyl adjacent to an activating group) is 1. The second kappa shape index (κ2) is 9.81. The predicted molar refractivity (Wildman–Crippen MR) is 158 cm³/mol. The Hall–Kier alpha value is -3.57. The van der Waals surface area contributed by atoms with Gasteiger partial charge in [0.15, 0.2) is 11.5 Å². The molecule has 5 heteroatoms. The lowest BCUT2D eigenvalue weighted by Gasteiger charge is -2.60. The molecule has 2 unspecified atom stereocenters. The predicted octanol–water partition coefficient (Wildman–Crippen LogP) is 5.52. The molecule has 1 saturated heterocycles. The van der Waals surface area contributed by atoms with E-state index in [2.05, 4.69) is 60.4 Å². The molecule has 5 atom stereocenters. The zero-order valence-electron chi connectivity index (χ0n) is 23.4. The largest absolute Gasteiger partial charge is 0.504 e. The number of hydrogen-bond acceptors (Lipinski definition) is 4. The average molecular weight is 535 g/mol. The highest BCUT2D eigenvalue weighted by Crippen LogP contribution is 2.64. The minimum Gasteiger partial charge on any atom is -0.504 e. The number of aromatic hydroxyl groups is 1. The summed E-state index contributed by atoms with van der Waals surface area (Å²) in [5, 5.41) is 10.9. The zero-order chi connectivity index (χ0) is 27.4. The highest BCUT2D eigenvalue weighted by Gasteiger charge is 2.66. The van der Waals surface area contributed by atoms with E-state index in [-0.39, 0.29) is 29.2 Å². The number of hydrogen-bond donors (Lipinski definition) is 1. The van der Waals surface area contributed by atoms with Crippen LogP contribution >= 0.6 is 0 Å². The molecular formula is C35H38N2O3. The second-order valence-electron chi connectivity index (χ2n) is 12.3. The van der Waals surface area contributed by atoms with Gasteiger partial charge in [0.1, 0.15) is 6.10 Å². The Bertz CT molecular complexity index is 1470. The summed E-state index contributed by atoms with van der Waals surface area (Å²) in [6.07, 6.45) is 8.47. The van der Waals surface area contributed by atoms with E-state index in [0.717, 1.165) is 50.8 Å². The number of amides is 1. The quantitative estimate of drug-likeness (QED) is 0.423. The van der Waals surface area contributed by atoms with Crippen LogP contribution in [0.15, 0.2) is 72.8 Å². The van der Waals surface area contributed by atoms with Gasteiger partial charge in [0.2, 0.25) is 5.91 Å². The Morgan fingerprint density at radius 1 is 1.12 bits per heavy atom. The lowest BCUT2D eigenvalue weighted by atomic mass is 9.51. The normalized spacial score (nSPS) is 28.2. The van der Waals surface area contributed by atoms with E-state index >= 15 is 0 Å².